The molecule has 0 atom stereocenters. The molecule has 0 saturated carbocycles. The van der Waals surface area contributed by atoms with Gasteiger partial charge in [-0.15, -0.1) is 0 Å². The molecule has 2 aromatic rings. The number of carbonyl (C=O) groups is 1. The number of fused-ring (bicyclic) bond motifs is 1. The van der Waals surface area contributed by atoms with E-state index in [2.05, 4.69) is 6.07 Å². The van der Waals surface area contributed by atoms with Gasteiger partial charge < -0.3 is 4.74 Å². The number of benzene rings is 2. The van der Waals surface area contributed by atoms with Crippen LogP contribution >= 0.6 is 11.6 Å². The number of halogens is 1. The Morgan fingerprint density at radius 1 is 1.00 bits per heavy atom. The van der Waals surface area contributed by atoms with Crippen molar-refractivity contribution in [3.05, 3.63) is 64.2 Å². The summed E-state index contributed by atoms with van der Waals surface area (Å²) in [6.45, 7) is 0. The van der Waals surface area contributed by atoms with E-state index in [4.69, 9.17) is 16.3 Å². The van der Waals surface area contributed by atoms with Gasteiger partial charge in [0.05, 0.1) is 5.56 Å². The molecular weight excluding hydrogens is 272 g/mol. The first-order valence-corrected chi connectivity index (χ1v) is 7.20. The third-order valence-electron chi connectivity index (χ3n) is 3.59. The molecule has 0 radical (unpaired) electrons. The van der Waals surface area contributed by atoms with E-state index < -0.39 is 0 Å². The van der Waals surface area contributed by atoms with Crippen molar-refractivity contribution < 1.29 is 9.53 Å². The summed E-state index contributed by atoms with van der Waals surface area (Å²) in [5.41, 5.74) is 3.14. The quantitative estimate of drug-likeness (QED) is 0.603. The predicted molar refractivity (Wildman–Crippen MR) is 79.5 cm³/mol. The molecule has 0 aliphatic heterocycles. The van der Waals surface area contributed by atoms with Gasteiger partial charge in [-0.05, 0) is 67.1 Å². The van der Waals surface area contributed by atoms with Crippen molar-refractivity contribution in [1.29, 1.82) is 0 Å². The molecule has 0 fully saturated rings. The molecule has 1 aliphatic carbocycles. The van der Waals surface area contributed by atoms with Gasteiger partial charge in [-0.1, -0.05) is 23.7 Å². The smallest absolute Gasteiger partial charge is 0.343 e. The second-order valence-corrected chi connectivity index (χ2v) is 5.47. The van der Waals surface area contributed by atoms with E-state index in [9.17, 15) is 4.79 Å². The Bertz CT molecular complexity index is 649. The second kappa shape index (κ2) is 5.68. The lowest BCUT2D eigenvalue weighted by Crippen LogP contribution is -2.09. The van der Waals surface area contributed by atoms with E-state index in [0.29, 0.717) is 16.3 Å². The second-order valence-electron chi connectivity index (χ2n) is 5.04. The van der Waals surface area contributed by atoms with Crippen LogP contribution in [0.25, 0.3) is 0 Å². The van der Waals surface area contributed by atoms with E-state index in [1.54, 1.807) is 24.3 Å². The van der Waals surface area contributed by atoms with Crippen LogP contribution in [0, 0.1) is 0 Å². The molecule has 20 heavy (non-hydrogen) atoms. The average Bonchev–Trinajstić information content (AvgIpc) is 2.47. The first-order chi connectivity index (χ1) is 9.72. The molecule has 0 bridgehead atoms. The Kier molecular flexibility index (Phi) is 3.75. The van der Waals surface area contributed by atoms with Crippen LogP contribution < -0.4 is 4.74 Å². The van der Waals surface area contributed by atoms with Crippen LogP contribution in [0.1, 0.15) is 34.3 Å². The first-order valence-electron chi connectivity index (χ1n) is 6.82. The molecule has 0 aromatic heterocycles. The number of aryl methyl sites for hydroxylation is 2. The summed E-state index contributed by atoms with van der Waals surface area (Å²) in [7, 11) is 0. The van der Waals surface area contributed by atoms with Gasteiger partial charge in [0.1, 0.15) is 5.75 Å². The van der Waals surface area contributed by atoms with Crippen molar-refractivity contribution >= 4 is 17.6 Å². The number of carbonyl (C=O) groups excluding carboxylic acids is 1. The highest BCUT2D eigenvalue weighted by molar-refractivity contribution is 6.30. The summed E-state index contributed by atoms with van der Waals surface area (Å²) in [6, 6.07) is 12.7. The standard InChI is InChI=1S/C17H15ClO2/c18-15-7-3-6-14(10-15)17(19)20-16-9-8-12-4-1-2-5-13(12)11-16/h3,6-11H,1-2,4-5H2. The third kappa shape index (κ3) is 2.86. The molecule has 3 rings (SSSR count). The number of hydrogen-bond acceptors (Lipinski definition) is 2. The van der Waals surface area contributed by atoms with E-state index >= 15 is 0 Å². The lowest BCUT2D eigenvalue weighted by Gasteiger charge is -2.16. The van der Waals surface area contributed by atoms with Gasteiger partial charge in [0.25, 0.3) is 0 Å². The van der Waals surface area contributed by atoms with E-state index in [1.807, 2.05) is 12.1 Å². The van der Waals surface area contributed by atoms with E-state index in [0.717, 1.165) is 12.8 Å². The van der Waals surface area contributed by atoms with Crippen molar-refractivity contribution in [3.8, 4) is 5.75 Å². The minimum absolute atomic E-state index is 0.372. The number of hydrogen-bond donors (Lipinski definition) is 0. The molecular formula is C17H15ClO2. The SMILES string of the molecule is O=C(Oc1ccc2c(c1)CCCC2)c1cccc(Cl)c1. The zero-order valence-corrected chi connectivity index (χ0v) is 11.8. The maximum atomic E-state index is 12.1. The van der Waals surface area contributed by atoms with Gasteiger partial charge >= 0.3 is 5.97 Å². The van der Waals surface area contributed by atoms with Crippen molar-refractivity contribution in [3.63, 3.8) is 0 Å². The number of rotatable bonds is 2. The van der Waals surface area contributed by atoms with Crippen LogP contribution in [0.5, 0.6) is 5.75 Å². The van der Waals surface area contributed by atoms with Crippen LogP contribution in [-0.4, -0.2) is 5.97 Å². The molecule has 0 heterocycles. The van der Waals surface area contributed by atoms with Gasteiger partial charge in [-0.3, -0.25) is 0 Å². The monoisotopic (exact) mass is 286 g/mol. The van der Waals surface area contributed by atoms with Crippen molar-refractivity contribution in [2.24, 2.45) is 0 Å². The number of esters is 1. The Hall–Kier alpha value is -1.80. The van der Waals surface area contributed by atoms with Crippen molar-refractivity contribution in [2.45, 2.75) is 25.7 Å². The molecule has 1 aliphatic rings. The highest BCUT2D eigenvalue weighted by atomic mass is 35.5. The van der Waals surface area contributed by atoms with Crippen LogP contribution in [0.3, 0.4) is 0 Å². The molecule has 0 saturated heterocycles. The summed E-state index contributed by atoms with van der Waals surface area (Å²) >= 11 is 5.88. The van der Waals surface area contributed by atoms with Gasteiger partial charge in [0.2, 0.25) is 0 Å². The van der Waals surface area contributed by atoms with Crippen LogP contribution in [-0.2, 0) is 12.8 Å². The summed E-state index contributed by atoms with van der Waals surface area (Å²) < 4.78 is 5.42. The lowest BCUT2D eigenvalue weighted by molar-refractivity contribution is 0.0734. The Morgan fingerprint density at radius 3 is 2.60 bits per heavy atom. The molecule has 0 N–H and O–H groups in total. The fourth-order valence-corrected chi connectivity index (χ4v) is 2.74. The largest absolute Gasteiger partial charge is 0.423 e. The van der Waals surface area contributed by atoms with Crippen molar-refractivity contribution in [2.75, 3.05) is 0 Å². The molecule has 0 unspecified atom stereocenters. The normalized spacial score (nSPS) is 13.7. The minimum atomic E-state index is -0.372. The first kappa shape index (κ1) is 13.2. The maximum Gasteiger partial charge on any atom is 0.343 e. The van der Waals surface area contributed by atoms with Crippen LogP contribution in [0.4, 0.5) is 0 Å². The molecule has 3 heteroatoms. The molecule has 0 amide bonds. The summed E-state index contributed by atoms with van der Waals surface area (Å²) in [5, 5.41) is 0.532. The molecule has 2 aromatic carbocycles. The maximum absolute atomic E-state index is 12.1. The Balaban J connectivity index is 1.79. The lowest BCUT2D eigenvalue weighted by atomic mass is 9.92. The summed E-state index contributed by atoms with van der Waals surface area (Å²) in [5.74, 6) is 0.235. The van der Waals surface area contributed by atoms with Crippen molar-refractivity contribution in [1.82, 2.24) is 0 Å². The summed E-state index contributed by atoms with van der Waals surface area (Å²) in [4.78, 5) is 12.1. The fourth-order valence-electron chi connectivity index (χ4n) is 2.55. The highest BCUT2D eigenvalue weighted by Gasteiger charge is 2.13. The van der Waals surface area contributed by atoms with Gasteiger partial charge in [0, 0.05) is 5.02 Å². The van der Waals surface area contributed by atoms with Crippen LogP contribution in [0.2, 0.25) is 5.02 Å². The van der Waals surface area contributed by atoms with Crippen LogP contribution in [0.15, 0.2) is 42.5 Å². The predicted octanol–water partition coefficient (Wildman–Crippen LogP) is 4.44. The average molecular weight is 287 g/mol. The van der Waals surface area contributed by atoms with Gasteiger partial charge in [-0.2, -0.15) is 0 Å². The Labute approximate surface area is 123 Å². The van der Waals surface area contributed by atoms with Gasteiger partial charge in [-0.25, -0.2) is 4.79 Å². The molecule has 2 nitrogen and oxygen atoms in total. The van der Waals surface area contributed by atoms with Gasteiger partial charge in [0.15, 0.2) is 0 Å². The van der Waals surface area contributed by atoms with E-state index in [1.165, 1.54) is 24.0 Å². The zero-order chi connectivity index (χ0) is 13.9. The molecule has 0 spiro atoms. The van der Waals surface area contributed by atoms with E-state index in [-0.39, 0.29) is 5.97 Å². The molecule has 102 valence electrons. The number of ether oxygens (including phenoxy) is 1. The zero-order valence-electron chi connectivity index (χ0n) is 11.1. The highest BCUT2D eigenvalue weighted by Crippen LogP contribution is 2.26. The minimum Gasteiger partial charge on any atom is -0.423 e. The third-order valence-corrected chi connectivity index (χ3v) is 3.83. The summed E-state index contributed by atoms with van der Waals surface area (Å²) in [6.07, 6.45) is 4.64. The topological polar surface area (TPSA) is 26.3 Å². The Morgan fingerprint density at radius 2 is 1.80 bits per heavy atom. The fraction of sp³-hybridized carbons (Fsp3) is 0.235.